The van der Waals surface area contributed by atoms with Crippen LogP contribution in [0.4, 0.5) is 0 Å². The van der Waals surface area contributed by atoms with Gasteiger partial charge in [-0.3, -0.25) is 0 Å². The van der Waals surface area contributed by atoms with Crippen molar-refractivity contribution in [1.82, 2.24) is 10.6 Å². The smallest absolute Gasteiger partial charge is 0.00970 e. The SMILES string of the molecule is CCSCCC(C)NCCNC(C)(C)C. The first-order valence-electron chi connectivity index (χ1n) is 6.02. The summed E-state index contributed by atoms with van der Waals surface area (Å²) in [6.07, 6.45) is 1.27. The molecule has 0 saturated carbocycles. The number of thioether (sulfide) groups is 1. The first-order chi connectivity index (χ1) is 6.95. The van der Waals surface area contributed by atoms with E-state index >= 15 is 0 Å². The molecule has 15 heavy (non-hydrogen) atoms. The van der Waals surface area contributed by atoms with E-state index < -0.39 is 0 Å². The highest BCUT2D eigenvalue weighted by atomic mass is 32.2. The van der Waals surface area contributed by atoms with Gasteiger partial charge >= 0.3 is 0 Å². The second-order valence-corrected chi connectivity index (χ2v) is 6.41. The Morgan fingerprint density at radius 2 is 1.87 bits per heavy atom. The third-order valence-electron chi connectivity index (χ3n) is 2.17. The molecule has 3 heteroatoms. The molecule has 2 nitrogen and oxygen atoms in total. The Balaban J connectivity index is 3.27. The molecule has 92 valence electrons. The molecule has 0 bridgehead atoms. The van der Waals surface area contributed by atoms with Gasteiger partial charge < -0.3 is 10.6 Å². The van der Waals surface area contributed by atoms with Gasteiger partial charge in [-0.1, -0.05) is 6.92 Å². The Labute approximate surface area is 100.0 Å². The molecular weight excluding hydrogens is 204 g/mol. The van der Waals surface area contributed by atoms with E-state index in [1.165, 1.54) is 17.9 Å². The summed E-state index contributed by atoms with van der Waals surface area (Å²) < 4.78 is 0. The fourth-order valence-corrected chi connectivity index (χ4v) is 2.07. The maximum absolute atomic E-state index is 3.54. The molecule has 0 saturated heterocycles. The highest BCUT2D eigenvalue weighted by molar-refractivity contribution is 7.99. The number of rotatable bonds is 8. The maximum atomic E-state index is 3.54. The van der Waals surface area contributed by atoms with E-state index in [0.717, 1.165) is 13.1 Å². The normalized spacial score (nSPS) is 14.2. The summed E-state index contributed by atoms with van der Waals surface area (Å²) in [5.41, 5.74) is 0.239. The first-order valence-corrected chi connectivity index (χ1v) is 7.17. The molecule has 0 aliphatic carbocycles. The Kier molecular flexibility index (Phi) is 8.58. The van der Waals surface area contributed by atoms with Gasteiger partial charge in [0.05, 0.1) is 0 Å². The Bertz CT molecular complexity index is 143. The summed E-state index contributed by atoms with van der Waals surface area (Å²) in [4.78, 5) is 0. The number of nitrogens with one attached hydrogen (secondary N) is 2. The summed E-state index contributed by atoms with van der Waals surface area (Å²) in [7, 11) is 0. The molecule has 0 fully saturated rings. The van der Waals surface area contributed by atoms with Gasteiger partial charge in [0.15, 0.2) is 0 Å². The second-order valence-electron chi connectivity index (χ2n) is 5.02. The van der Waals surface area contributed by atoms with Crippen molar-refractivity contribution in [3.63, 3.8) is 0 Å². The quantitative estimate of drug-likeness (QED) is 0.629. The molecule has 0 aromatic carbocycles. The molecule has 1 atom stereocenters. The van der Waals surface area contributed by atoms with Crippen LogP contribution in [-0.4, -0.2) is 36.2 Å². The lowest BCUT2D eigenvalue weighted by molar-refractivity contribution is 0.411. The highest BCUT2D eigenvalue weighted by Crippen LogP contribution is 2.03. The zero-order chi connectivity index (χ0) is 11.7. The lowest BCUT2D eigenvalue weighted by atomic mass is 10.1. The van der Waals surface area contributed by atoms with E-state index in [4.69, 9.17) is 0 Å². The number of hydrogen-bond donors (Lipinski definition) is 2. The Morgan fingerprint density at radius 3 is 2.40 bits per heavy atom. The summed E-state index contributed by atoms with van der Waals surface area (Å²) in [6.45, 7) is 13.2. The molecule has 0 aromatic rings. The van der Waals surface area contributed by atoms with Crippen LogP contribution in [0.15, 0.2) is 0 Å². The van der Waals surface area contributed by atoms with Gasteiger partial charge in [0.2, 0.25) is 0 Å². The molecule has 0 aliphatic heterocycles. The summed E-state index contributed by atoms with van der Waals surface area (Å²) in [5, 5.41) is 7.02. The van der Waals surface area contributed by atoms with Gasteiger partial charge in [-0.15, -0.1) is 0 Å². The maximum Gasteiger partial charge on any atom is 0.00970 e. The van der Waals surface area contributed by atoms with Crippen LogP contribution in [-0.2, 0) is 0 Å². The fraction of sp³-hybridized carbons (Fsp3) is 1.00. The van der Waals surface area contributed by atoms with Gasteiger partial charge in [-0.2, -0.15) is 11.8 Å². The molecule has 0 aromatic heterocycles. The van der Waals surface area contributed by atoms with Crippen molar-refractivity contribution in [3.8, 4) is 0 Å². The molecule has 0 rings (SSSR count). The lowest BCUT2D eigenvalue weighted by Gasteiger charge is -2.21. The summed E-state index contributed by atoms with van der Waals surface area (Å²) in [5.74, 6) is 2.51. The van der Waals surface area contributed by atoms with Gasteiger partial charge in [0, 0.05) is 24.7 Å². The van der Waals surface area contributed by atoms with Crippen LogP contribution in [0.3, 0.4) is 0 Å². The van der Waals surface area contributed by atoms with Crippen LogP contribution >= 0.6 is 11.8 Å². The number of hydrogen-bond acceptors (Lipinski definition) is 3. The Hall–Kier alpha value is 0.270. The van der Waals surface area contributed by atoms with E-state index in [9.17, 15) is 0 Å². The monoisotopic (exact) mass is 232 g/mol. The van der Waals surface area contributed by atoms with Crippen LogP contribution in [0.5, 0.6) is 0 Å². The van der Waals surface area contributed by atoms with Crippen LogP contribution in [0.1, 0.15) is 41.0 Å². The molecular formula is C12H28N2S. The van der Waals surface area contributed by atoms with E-state index in [2.05, 4.69) is 45.3 Å². The van der Waals surface area contributed by atoms with Crippen LogP contribution in [0, 0.1) is 0 Å². The second kappa shape index (κ2) is 8.43. The van der Waals surface area contributed by atoms with Crippen LogP contribution in [0.25, 0.3) is 0 Å². The topological polar surface area (TPSA) is 24.1 Å². The van der Waals surface area contributed by atoms with Gasteiger partial charge in [0.25, 0.3) is 0 Å². The Morgan fingerprint density at radius 1 is 1.20 bits per heavy atom. The average Bonchev–Trinajstić information content (AvgIpc) is 2.11. The minimum atomic E-state index is 0.239. The summed E-state index contributed by atoms with van der Waals surface area (Å²) in [6, 6.07) is 0.644. The minimum absolute atomic E-state index is 0.239. The van der Waals surface area contributed by atoms with Crippen LogP contribution in [0.2, 0.25) is 0 Å². The van der Waals surface area contributed by atoms with Gasteiger partial charge in [-0.05, 0) is 45.6 Å². The first kappa shape index (κ1) is 15.3. The van der Waals surface area contributed by atoms with E-state index in [1.807, 2.05) is 11.8 Å². The van der Waals surface area contributed by atoms with E-state index in [0.29, 0.717) is 6.04 Å². The van der Waals surface area contributed by atoms with Crippen molar-refractivity contribution in [1.29, 1.82) is 0 Å². The van der Waals surface area contributed by atoms with Crippen molar-refractivity contribution >= 4 is 11.8 Å². The standard InChI is InChI=1S/C12H28N2S/c1-6-15-10-7-11(2)13-8-9-14-12(3,4)5/h11,13-14H,6-10H2,1-5H3. The van der Waals surface area contributed by atoms with Crippen molar-refractivity contribution in [2.75, 3.05) is 24.6 Å². The zero-order valence-electron chi connectivity index (χ0n) is 11.0. The molecule has 0 spiro atoms. The van der Waals surface area contributed by atoms with Gasteiger partial charge in [0.1, 0.15) is 0 Å². The lowest BCUT2D eigenvalue weighted by Crippen LogP contribution is -2.41. The van der Waals surface area contributed by atoms with E-state index in [-0.39, 0.29) is 5.54 Å². The fourth-order valence-electron chi connectivity index (χ4n) is 1.26. The summed E-state index contributed by atoms with van der Waals surface area (Å²) >= 11 is 2.02. The largest absolute Gasteiger partial charge is 0.313 e. The molecule has 2 N–H and O–H groups in total. The molecule has 0 radical (unpaired) electrons. The molecule has 0 aliphatic rings. The van der Waals surface area contributed by atoms with Crippen LogP contribution < -0.4 is 10.6 Å². The van der Waals surface area contributed by atoms with Crippen molar-refractivity contribution in [2.45, 2.75) is 52.6 Å². The van der Waals surface area contributed by atoms with Crippen molar-refractivity contribution < 1.29 is 0 Å². The zero-order valence-corrected chi connectivity index (χ0v) is 11.8. The molecule has 1 unspecified atom stereocenters. The third kappa shape index (κ3) is 12.2. The predicted molar refractivity (Wildman–Crippen MR) is 72.8 cm³/mol. The molecule has 0 amide bonds. The van der Waals surface area contributed by atoms with Crippen molar-refractivity contribution in [3.05, 3.63) is 0 Å². The predicted octanol–water partition coefficient (Wildman–Crippen LogP) is 2.50. The van der Waals surface area contributed by atoms with Crippen molar-refractivity contribution in [2.24, 2.45) is 0 Å². The van der Waals surface area contributed by atoms with Gasteiger partial charge in [-0.25, -0.2) is 0 Å². The average molecular weight is 232 g/mol. The third-order valence-corrected chi connectivity index (χ3v) is 3.11. The minimum Gasteiger partial charge on any atom is -0.313 e. The highest BCUT2D eigenvalue weighted by Gasteiger charge is 2.07. The van der Waals surface area contributed by atoms with E-state index in [1.54, 1.807) is 0 Å². The molecule has 0 heterocycles.